The number of amidine groups is 1. The highest BCUT2D eigenvalue weighted by atomic mass is 79.9. The van der Waals surface area contributed by atoms with E-state index < -0.39 is 15.3 Å². The minimum atomic E-state index is -4.00. The minimum absolute atomic E-state index is 0.0199. The van der Waals surface area contributed by atoms with E-state index in [-0.39, 0.29) is 34.8 Å². The lowest BCUT2D eigenvalue weighted by Gasteiger charge is -2.13. The van der Waals surface area contributed by atoms with E-state index in [1.54, 1.807) is 43.3 Å². The van der Waals surface area contributed by atoms with Gasteiger partial charge in [-0.05, 0) is 43.3 Å². The highest BCUT2D eigenvalue weighted by Gasteiger charge is 2.39. The van der Waals surface area contributed by atoms with Crippen LogP contribution < -0.4 is 10.1 Å². The molecular formula is C20H20BrN3O5S2. The molecule has 31 heavy (non-hydrogen) atoms. The molecule has 1 unspecified atom stereocenters. The Bertz CT molecular complexity index is 1120. The van der Waals surface area contributed by atoms with Gasteiger partial charge in [0, 0.05) is 29.2 Å². The van der Waals surface area contributed by atoms with Gasteiger partial charge >= 0.3 is 0 Å². The largest absolute Gasteiger partial charge is 0.497 e. The maximum Gasteiger partial charge on any atom is 0.284 e. The Balaban J connectivity index is 1.75. The third-order valence-corrected chi connectivity index (χ3v) is 7.47. The van der Waals surface area contributed by atoms with Crippen molar-refractivity contribution in [1.82, 2.24) is 4.90 Å². The fourth-order valence-corrected chi connectivity index (χ4v) is 5.53. The van der Waals surface area contributed by atoms with Crippen molar-refractivity contribution in [3.8, 4) is 5.75 Å². The standard InChI is InChI=1S/C20H20BrN3O5S2/c1-3-24-19(26)17(12-18(25)22-14-5-4-6-15(11-14)29-2)30-20(24)23-31(27,28)16-9-7-13(21)8-10-16/h4-11,17H,3,12H2,1-2H3,(H,22,25)/b23-20+. The fraction of sp³-hybridized carbons (Fsp3) is 0.250. The van der Waals surface area contributed by atoms with Crippen LogP contribution in [0.5, 0.6) is 5.75 Å². The van der Waals surface area contributed by atoms with E-state index >= 15 is 0 Å². The summed E-state index contributed by atoms with van der Waals surface area (Å²) < 4.78 is 35.0. The Morgan fingerprint density at radius 2 is 1.97 bits per heavy atom. The Hall–Kier alpha value is -2.37. The van der Waals surface area contributed by atoms with Crippen LogP contribution >= 0.6 is 27.7 Å². The first-order valence-corrected chi connectivity index (χ1v) is 12.4. The lowest BCUT2D eigenvalue weighted by atomic mass is 10.2. The molecule has 1 N–H and O–H groups in total. The van der Waals surface area contributed by atoms with E-state index in [0.29, 0.717) is 11.4 Å². The topological polar surface area (TPSA) is 105 Å². The van der Waals surface area contributed by atoms with Gasteiger partial charge in [0.2, 0.25) is 11.8 Å². The maximum atomic E-state index is 12.7. The van der Waals surface area contributed by atoms with Crippen molar-refractivity contribution in [2.75, 3.05) is 19.0 Å². The van der Waals surface area contributed by atoms with E-state index in [2.05, 4.69) is 25.6 Å². The van der Waals surface area contributed by atoms with E-state index in [4.69, 9.17) is 4.74 Å². The Morgan fingerprint density at radius 3 is 2.61 bits per heavy atom. The molecule has 8 nitrogen and oxygen atoms in total. The first-order chi connectivity index (χ1) is 14.7. The van der Waals surface area contributed by atoms with Gasteiger partial charge in [-0.3, -0.25) is 14.5 Å². The van der Waals surface area contributed by atoms with E-state index in [1.165, 1.54) is 24.1 Å². The van der Waals surface area contributed by atoms with Crippen LogP contribution in [0.3, 0.4) is 0 Å². The summed E-state index contributed by atoms with van der Waals surface area (Å²) in [4.78, 5) is 26.5. The van der Waals surface area contributed by atoms with E-state index in [1.807, 2.05) is 0 Å². The molecule has 0 radical (unpaired) electrons. The van der Waals surface area contributed by atoms with Crippen LogP contribution in [0.15, 0.2) is 62.3 Å². The number of carbonyl (C=O) groups excluding carboxylic acids is 2. The van der Waals surface area contributed by atoms with Gasteiger partial charge in [0.05, 0.1) is 12.0 Å². The summed E-state index contributed by atoms with van der Waals surface area (Å²) in [7, 11) is -2.47. The number of sulfonamides is 1. The summed E-state index contributed by atoms with van der Waals surface area (Å²) in [6.45, 7) is 1.97. The molecule has 0 bridgehead atoms. The van der Waals surface area contributed by atoms with Crippen molar-refractivity contribution in [3.63, 3.8) is 0 Å². The number of hydrogen-bond acceptors (Lipinski definition) is 6. The monoisotopic (exact) mass is 525 g/mol. The lowest BCUT2D eigenvalue weighted by Crippen LogP contribution is -2.33. The molecule has 0 aromatic heterocycles. The third kappa shape index (κ3) is 5.66. The van der Waals surface area contributed by atoms with Crippen molar-refractivity contribution in [1.29, 1.82) is 0 Å². The summed E-state index contributed by atoms with van der Waals surface area (Å²) in [5, 5.41) is 2.03. The molecule has 1 aliphatic rings. The van der Waals surface area contributed by atoms with Gasteiger partial charge in [0.15, 0.2) is 5.17 Å². The third-order valence-electron chi connectivity index (χ3n) is 4.37. The van der Waals surface area contributed by atoms with E-state index in [0.717, 1.165) is 16.2 Å². The normalized spacial score (nSPS) is 17.8. The van der Waals surface area contributed by atoms with Crippen LogP contribution in [-0.4, -0.2) is 49.2 Å². The summed E-state index contributed by atoms with van der Waals surface area (Å²) in [5.74, 6) is -0.126. The van der Waals surface area contributed by atoms with Gasteiger partial charge in [-0.25, -0.2) is 0 Å². The van der Waals surface area contributed by atoms with Gasteiger partial charge in [-0.15, -0.1) is 4.40 Å². The maximum absolute atomic E-state index is 12.7. The van der Waals surface area contributed by atoms with Crippen molar-refractivity contribution in [2.24, 2.45) is 4.40 Å². The van der Waals surface area contributed by atoms with E-state index in [9.17, 15) is 18.0 Å². The highest BCUT2D eigenvalue weighted by molar-refractivity contribution is 9.10. The highest BCUT2D eigenvalue weighted by Crippen LogP contribution is 2.31. The Morgan fingerprint density at radius 1 is 1.26 bits per heavy atom. The molecule has 11 heteroatoms. The van der Waals surface area contributed by atoms with Crippen molar-refractivity contribution < 1.29 is 22.7 Å². The SMILES string of the molecule is CCN1C(=O)C(CC(=O)Nc2cccc(OC)c2)S/C1=N/S(=O)(=O)c1ccc(Br)cc1. The second kappa shape index (κ2) is 9.84. The summed E-state index contributed by atoms with van der Waals surface area (Å²) in [6.07, 6.45) is -0.117. The van der Waals surface area contributed by atoms with Crippen LogP contribution in [-0.2, 0) is 19.6 Å². The molecule has 1 saturated heterocycles. The average Bonchev–Trinajstić information content (AvgIpc) is 3.01. The van der Waals surface area contributed by atoms with Crippen LogP contribution in [0.2, 0.25) is 0 Å². The molecule has 2 amide bonds. The summed E-state index contributed by atoms with van der Waals surface area (Å²) >= 11 is 4.23. The first kappa shape index (κ1) is 23.3. The Labute approximate surface area is 193 Å². The first-order valence-electron chi connectivity index (χ1n) is 9.26. The van der Waals surface area contributed by atoms with Gasteiger partial charge in [0.25, 0.3) is 10.0 Å². The molecular weight excluding hydrogens is 506 g/mol. The number of ether oxygens (including phenoxy) is 1. The van der Waals surface area contributed by atoms with Crippen LogP contribution in [0.25, 0.3) is 0 Å². The number of rotatable bonds is 7. The van der Waals surface area contributed by atoms with Gasteiger partial charge < -0.3 is 10.1 Å². The van der Waals surface area contributed by atoms with Crippen LogP contribution in [0.1, 0.15) is 13.3 Å². The van der Waals surface area contributed by atoms with Gasteiger partial charge in [-0.1, -0.05) is 33.8 Å². The second-order valence-electron chi connectivity index (χ2n) is 6.48. The zero-order chi connectivity index (χ0) is 22.6. The van der Waals surface area contributed by atoms with Crippen molar-refractivity contribution >= 4 is 60.4 Å². The predicted octanol–water partition coefficient (Wildman–Crippen LogP) is 3.50. The quantitative estimate of drug-likeness (QED) is 0.592. The number of thioether (sulfide) groups is 1. The molecule has 2 aromatic carbocycles. The minimum Gasteiger partial charge on any atom is -0.497 e. The second-order valence-corrected chi connectivity index (χ2v) is 10.2. The number of nitrogens with one attached hydrogen (secondary N) is 1. The van der Waals surface area contributed by atoms with Gasteiger partial charge in [0.1, 0.15) is 11.0 Å². The molecule has 1 fully saturated rings. The van der Waals surface area contributed by atoms with Gasteiger partial charge in [-0.2, -0.15) is 8.42 Å². The fourth-order valence-electron chi connectivity index (χ4n) is 2.84. The molecule has 0 aliphatic carbocycles. The number of amides is 2. The molecule has 1 aliphatic heterocycles. The molecule has 0 saturated carbocycles. The lowest BCUT2D eigenvalue weighted by molar-refractivity contribution is -0.128. The van der Waals surface area contributed by atoms with Crippen molar-refractivity contribution in [3.05, 3.63) is 53.0 Å². The number of hydrogen-bond donors (Lipinski definition) is 1. The molecule has 2 aromatic rings. The summed E-state index contributed by atoms with van der Waals surface area (Å²) in [5.41, 5.74) is 0.541. The molecule has 164 valence electrons. The number of halogens is 1. The zero-order valence-corrected chi connectivity index (χ0v) is 20.0. The zero-order valence-electron chi connectivity index (χ0n) is 16.7. The molecule has 0 spiro atoms. The van der Waals surface area contributed by atoms with Crippen LogP contribution in [0.4, 0.5) is 5.69 Å². The number of carbonyl (C=O) groups is 2. The Kier molecular flexibility index (Phi) is 7.39. The molecule has 1 heterocycles. The number of benzene rings is 2. The average molecular weight is 526 g/mol. The van der Waals surface area contributed by atoms with Crippen LogP contribution in [0, 0.1) is 0 Å². The molecule has 3 rings (SSSR count). The number of anilines is 1. The number of nitrogens with zero attached hydrogens (tertiary/aromatic N) is 2. The summed E-state index contributed by atoms with van der Waals surface area (Å²) in [6, 6.07) is 12.9. The number of methoxy groups -OCH3 is 1. The molecule has 1 atom stereocenters. The smallest absolute Gasteiger partial charge is 0.284 e. The predicted molar refractivity (Wildman–Crippen MR) is 124 cm³/mol. The van der Waals surface area contributed by atoms with Crippen molar-refractivity contribution in [2.45, 2.75) is 23.5 Å².